The molecule has 7 nitrogen and oxygen atoms in total. The minimum atomic E-state index is -0.180. The molecule has 2 aliphatic carbocycles. The van der Waals surface area contributed by atoms with Crippen molar-refractivity contribution in [2.24, 2.45) is 17.8 Å². The van der Waals surface area contributed by atoms with Crippen LogP contribution in [0.3, 0.4) is 0 Å². The van der Waals surface area contributed by atoms with Gasteiger partial charge in [0.2, 0.25) is 11.8 Å². The van der Waals surface area contributed by atoms with Crippen molar-refractivity contribution in [3.8, 4) is 0 Å². The molecule has 3 rings (SSSR count). The molecule has 0 saturated heterocycles. The smallest absolute Gasteiger partial charge is 0.250 e. The summed E-state index contributed by atoms with van der Waals surface area (Å²) in [6.45, 7) is 6.93. The van der Waals surface area contributed by atoms with E-state index in [0.717, 1.165) is 19.3 Å². The molecule has 0 radical (unpaired) electrons. The first-order valence-corrected chi connectivity index (χ1v) is 11.1. The summed E-state index contributed by atoms with van der Waals surface area (Å²) in [5.74, 6) is 1.50. The number of nitrogens with one attached hydrogen (secondary N) is 2. The van der Waals surface area contributed by atoms with Crippen molar-refractivity contribution < 1.29 is 14.3 Å². The molecule has 7 heteroatoms. The fourth-order valence-corrected chi connectivity index (χ4v) is 4.69. The van der Waals surface area contributed by atoms with Crippen LogP contribution in [0, 0.1) is 17.8 Å². The number of carbonyl (C=O) groups is 2. The summed E-state index contributed by atoms with van der Waals surface area (Å²) in [5.41, 5.74) is 0.588. The van der Waals surface area contributed by atoms with Crippen molar-refractivity contribution in [2.75, 3.05) is 11.9 Å². The highest BCUT2D eigenvalue weighted by molar-refractivity contribution is 5.91. The summed E-state index contributed by atoms with van der Waals surface area (Å²) in [5, 5.41) is 10.0. The van der Waals surface area contributed by atoms with Gasteiger partial charge in [0.15, 0.2) is 0 Å². The Morgan fingerprint density at radius 1 is 1.21 bits per heavy atom. The van der Waals surface area contributed by atoms with E-state index >= 15 is 0 Å². The number of aromatic nitrogens is 2. The third-order valence-electron chi connectivity index (χ3n) is 6.33. The van der Waals surface area contributed by atoms with Gasteiger partial charge in [-0.25, -0.2) is 0 Å². The molecule has 2 saturated carbocycles. The quantitative estimate of drug-likeness (QED) is 0.696. The minimum Gasteiger partial charge on any atom is -0.368 e. The van der Waals surface area contributed by atoms with Crippen molar-refractivity contribution in [1.29, 1.82) is 0 Å². The molecular weight excluding hydrogens is 368 g/mol. The molecule has 0 spiro atoms. The average molecular weight is 405 g/mol. The van der Waals surface area contributed by atoms with Crippen LogP contribution < -0.4 is 10.6 Å². The summed E-state index contributed by atoms with van der Waals surface area (Å²) >= 11 is 0. The predicted molar refractivity (Wildman–Crippen MR) is 112 cm³/mol. The number of rotatable bonds is 8. The molecule has 2 amide bonds. The molecule has 2 N–H and O–H groups in total. The van der Waals surface area contributed by atoms with Gasteiger partial charge in [0.25, 0.3) is 0 Å². The van der Waals surface area contributed by atoms with Gasteiger partial charge in [0, 0.05) is 12.2 Å². The van der Waals surface area contributed by atoms with Crippen molar-refractivity contribution in [3.05, 3.63) is 12.4 Å². The number of hydrogen-bond acceptors (Lipinski definition) is 4. The lowest BCUT2D eigenvalue weighted by molar-refractivity contribution is -0.126. The number of amides is 2. The van der Waals surface area contributed by atoms with Crippen molar-refractivity contribution >= 4 is 17.5 Å². The molecule has 162 valence electrons. The van der Waals surface area contributed by atoms with Gasteiger partial charge in [0.1, 0.15) is 13.2 Å². The largest absolute Gasteiger partial charge is 0.368 e. The Hall–Kier alpha value is -1.89. The van der Waals surface area contributed by atoms with Crippen LogP contribution in [0.5, 0.6) is 0 Å². The van der Waals surface area contributed by atoms with Crippen LogP contribution in [0.4, 0.5) is 5.69 Å². The van der Waals surface area contributed by atoms with Gasteiger partial charge in [-0.2, -0.15) is 5.10 Å². The molecule has 2 aliphatic rings. The van der Waals surface area contributed by atoms with Gasteiger partial charge >= 0.3 is 0 Å². The lowest BCUT2D eigenvalue weighted by Gasteiger charge is -2.37. The first kappa shape index (κ1) is 21.8. The van der Waals surface area contributed by atoms with E-state index in [1.165, 1.54) is 25.7 Å². The highest BCUT2D eigenvalue weighted by Gasteiger charge is 2.31. The van der Waals surface area contributed by atoms with Crippen LogP contribution in [0.1, 0.15) is 65.7 Å². The highest BCUT2D eigenvalue weighted by atomic mass is 16.5. The number of ether oxygens (including phenoxy) is 1. The van der Waals surface area contributed by atoms with Crippen LogP contribution in [0.25, 0.3) is 0 Å². The van der Waals surface area contributed by atoms with E-state index in [2.05, 4.69) is 36.5 Å². The first-order valence-electron chi connectivity index (χ1n) is 11.1. The Balaban J connectivity index is 1.43. The summed E-state index contributed by atoms with van der Waals surface area (Å²) in [6.07, 6.45) is 11.3. The second kappa shape index (κ2) is 10.2. The van der Waals surface area contributed by atoms with Gasteiger partial charge < -0.3 is 15.4 Å². The van der Waals surface area contributed by atoms with Crippen LogP contribution in [0.15, 0.2) is 12.4 Å². The highest BCUT2D eigenvalue weighted by Crippen LogP contribution is 2.35. The SMILES string of the molecule is CC1CCC(C(C)C)C(OCC(=O)Nc2cnn(CC(=O)NC3CCCC3)c2)C1. The number of anilines is 1. The molecule has 1 aromatic heterocycles. The normalized spacial score (nSPS) is 25.3. The summed E-state index contributed by atoms with van der Waals surface area (Å²) in [6, 6.07) is 0.298. The maximum atomic E-state index is 12.3. The van der Waals surface area contributed by atoms with Gasteiger partial charge in [-0.15, -0.1) is 0 Å². The lowest BCUT2D eigenvalue weighted by atomic mass is 9.75. The van der Waals surface area contributed by atoms with E-state index in [9.17, 15) is 9.59 Å². The first-order chi connectivity index (χ1) is 13.9. The molecule has 0 aromatic carbocycles. The molecule has 2 fully saturated rings. The third-order valence-corrected chi connectivity index (χ3v) is 6.33. The van der Waals surface area contributed by atoms with Crippen molar-refractivity contribution in [1.82, 2.24) is 15.1 Å². The topological polar surface area (TPSA) is 85.2 Å². The van der Waals surface area contributed by atoms with Gasteiger partial charge in [0.05, 0.1) is 18.0 Å². The zero-order valence-corrected chi connectivity index (χ0v) is 18.0. The van der Waals surface area contributed by atoms with Gasteiger partial charge in [-0.1, -0.05) is 40.0 Å². The van der Waals surface area contributed by atoms with Crippen LogP contribution >= 0.6 is 0 Å². The van der Waals surface area contributed by atoms with E-state index in [-0.39, 0.29) is 31.1 Å². The molecule has 3 unspecified atom stereocenters. The molecule has 1 heterocycles. The number of carbonyl (C=O) groups excluding carboxylic acids is 2. The van der Waals surface area contributed by atoms with Crippen molar-refractivity contribution in [3.63, 3.8) is 0 Å². The Labute approximate surface area is 173 Å². The van der Waals surface area contributed by atoms with E-state index in [0.29, 0.717) is 29.5 Å². The molecular formula is C22H36N4O3. The lowest BCUT2D eigenvalue weighted by Crippen LogP contribution is -2.36. The van der Waals surface area contributed by atoms with Crippen LogP contribution in [-0.2, 0) is 20.9 Å². The Morgan fingerprint density at radius 3 is 2.69 bits per heavy atom. The maximum Gasteiger partial charge on any atom is 0.250 e. The fraction of sp³-hybridized carbons (Fsp3) is 0.773. The molecule has 29 heavy (non-hydrogen) atoms. The van der Waals surface area contributed by atoms with E-state index in [4.69, 9.17) is 4.74 Å². The molecule has 0 bridgehead atoms. The molecule has 3 atom stereocenters. The molecule has 0 aliphatic heterocycles. The molecule has 1 aromatic rings. The minimum absolute atomic E-state index is 0.0349. The zero-order chi connectivity index (χ0) is 20.8. The number of hydrogen-bond donors (Lipinski definition) is 2. The van der Waals surface area contributed by atoms with E-state index < -0.39 is 0 Å². The maximum absolute atomic E-state index is 12.3. The van der Waals surface area contributed by atoms with E-state index in [1.807, 2.05) is 0 Å². The Bertz CT molecular complexity index is 681. The fourth-order valence-electron chi connectivity index (χ4n) is 4.69. The Morgan fingerprint density at radius 2 is 1.97 bits per heavy atom. The average Bonchev–Trinajstić information content (AvgIpc) is 3.32. The number of nitrogens with zero attached hydrogens (tertiary/aromatic N) is 2. The zero-order valence-electron chi connectivity index (χ0n) is 18.0. The second-order valence-corrected chi connectivity index (χ2v) is 9.20. The van der Waals surface area contributed by atoms with Crippen molar-refractivity contribution in [2.45, 2.75) is 84.4 Å². The summed E-state index contributed by atoms with van der Waals surface area (Å²) in [7, 11) is 0. The van der Waals surface area contributed by atoms with Gasteiger partial charge in [-0.05, 0) is 43.4 Å². The summed E-state index contributed by atoms with van der Waals surface area (Å²) in [4.78, 5) is 24.4. The monoisotopic (exact) mass is 404 g/mol. The van der Waals surface area contributed by atoms with Crippen LogP contribution in [-0.4, -0.2) is 40.3 Å². The predicted octanol–water partition coefficient (Wildman–Crippen LogP) is 3.36. The van der Waals surface area contributed by atoms with E-state index in [1.54, 1.807) is 17.1 Å². The summed E-state index contributed by atoms with van der Waals surface area (Å²) < 4.78 is 7.56. The Kier molecular flexibility index (Phi) is 7.70. The second-order valence-electron chi connectivity index (χ2n) is 9.20. The standard InChI is InChI=1S/C22H36N4O3/c1-15(2)19-9-8-16(3)10-20(19)29-14-22(28)25-18-11-23-26(12-18)13-21(27)24-17-6-4-5-7-17/h11-12,15-17,19-20H,4-10,13-14H2,1-3H3,(H,24,27)(H,25,28). The third kappa shape index (κ3) is 6.56. The van der Waals surface area contributed by atoms with Crippen LogP contribution in [0.2, 0.25) is 0 Å². The van der Waals surface area contributed by atoms with Gasteiger partial charge in [-0.3, -0.25) is 14.3 Å².